The molecule has 6 nitrogen and oxygen atoms in total. The zero-order valence-electron chi connectivity index (χ0n) is 16.9. The highest BCUT2D eigenvalue weighted by molar-refractivity contribution is 7.92. The first-order chi connectivity index (χ1) is 14.9. The summed E-state index contributed by atoms with van der Waals surface area (Å²) in [6, 6.07) is 20.6. The minimum Gasteiger partial charge on any atom is -0.271 e. The molecule has 0 aliphatic rings. The van der Waals surface area contributed by atoms with Crippen molar-refractivity contribution in [2.24, 2.45) is 5.10 Å². The van der Waals surface area contributed by atoms with Crippen molar-refractivity contribution in [3.63, 3.8) is 0 Å². The number of amides is 1. The molecular formula is C23H22FN3O3S. The highest BCUT2D eigenvalue weighted by atomic mass is 32.2. The summed E-state index contributed by atoms with van der Waals surface area (Å²) < 4.78 is 40.7. The number of anilines is 1. The van der Waals surface area contributed by atoms with E-state index >= 15 is 0 Å². The summed E-state index contributed by atoms with van der Waals surface area (Å²) in [4.78, 5) is 12.6. The van der Waals surface area contributed by atoms with Crippen molar-refractivity contribution in [2.75, 3.05) is 10.8 Å². The topological polar surface area (TPSA) is 78.8 Å². The van der Waals surface area contributed by atoms with Gasteiger partial charge in [0.25, 0.3) is 15.9 Å². The Balaban J connectivity index is 1.86. The molecule has 0 saturated carbocycles. The monoisotopic (exact) mass is 439 g/mol. The van der Waals surface area contributed by atoms with E-state index in [2.05, 4.69) is 10.5 Å². The van der Waals surface area contributed by atoms with Crippen molar-refractivity contribution in [3.8, 4) is 0 Å². The quantitative estimate of drug-likeness (QED) is 0.429. The van der Waals surface area contributed by atoms with Gasteiger partial charge in [-0.2, -0.15) is 5.10 Å². The number of carbonyl (C=O) groups excluding carboxylic acids is 1. The Kier molecular flexibility index (Phi) is 7.15. The zero-order chi connectivity index (χ0) is 22.3. The summed E-state index contributed by atoms with van der Waals surface area (Å²) in [6.45, 7) is 1.47. The Hall–Kier alpha value is -3.52. The van der Waals surface area contributed by atoms with E-state index in [1.807, 2.05) is 19.1 Å². The minimum atomic E-state index is -3.98. The molecule has 1 amide bonds. The zero-order valence-corrected chi connectivity index (χ0v) is 17.7. The second-order valence-corrected chi connectivity index (χ2v) is 8.51. The number of benzene rings is 3. The molecule has 31 heavy (non-hydrogen) atoms. The van der Waals surface area contributed by atoms with E-state index in [0.717, 1.165) is 9.87 Å². The molecule has 0 heterocycles. The molecule has 160 valence electrons. The van der Waals surface area contributed by atoms with E-state index in [1.165, 1.54) is 42.6 Å². The summed E-state index contributed by atoms with van der Waals surface area (Å²) in [7, 11) is -3.98. The molecule has 3 aromatic rings. The average molecular weight is 440 g/mol. The predicted molar refractivity (Wildman–Crippen MR) is 119 cm³/mol. The number of nitrogens with one attached hydrogen (secondary N) is 1. The summed E-state index contributed by atoms with van der Waals surface area (Å²) in [6.07, 6.45) is 1.95. The van der Waals surface area contributed by atoms with Crippen LogP contribution in [-0.2, 0) is 21.2 Å². The van der Waals surface area contributed by atoms with Crippen LogP contribution in [0.5, 0.6) is 0 Å². The van der Waals surface area contributed by atoms with Gasteiger partial charge in [-0.05, 0) is 47.9 Å². The molecular weight excluding hydrogens is 417 g/mol. The number of rotatable bonds is 8. The van der Waals surface area contributed by atoms with E-state index in [-0.39, 0.29) is 10.7 Å². The van der Waals surface area contributed by atoms with Crippen molar-refractivity contribution >= 4 is 27.8 Å². The Morgan fingerprint density at radius 1 is 1.00 bits per heavy atom. The molecule has 3 rings (SSSR count). The maximum absolute atomic E-state index is 13.3. The van der Waals surface area contributed by atoms with Crippen LogP contribution in [0.4, 0.5) is 10.1 Å². The van der Waals surface area contributed by atoms with Gasteiger partial charge in [0.05, 0.1) is 16.8 Å². The number of aryl methyl sites for hydroxylation is 1. The lowest BCUT2D eigenvalue weighted by atomic mass is 10.1. The fraction of sp³-hybridized carbons (Fsp3) is 0.130. The Morgan fingerprint density at radius 3 is 2.32 bits per heavy atom. The van der Waals surface area contributed by atoms with Crippen molar-refractivity contribution in [1.29, 1.82) is 0 Å². The number of sulfonamides is 1. The molecule has 0 aromatic heterocycles. The predicted octanol–water partition coefficient (Wildman–Crippen LogP) is 3.73. The summed E-state index contributed by atoms with van der Waals surface area (Å²) in [5.41, 5.74) is 4.16. The standard InChI is InChI=1S/C23H22FN3O3S/c1-2-19-8-6-7-11-22(19)27(31(29,30)21-9-4-3-5-10-21)17-23(28)26-25-16-18-12-14-20(24)15-13-18/h3-16H,2,17H2,1H3,(H,26,28). The van der Waals surface area contributed by atoms with Crippen molar-refractivity contribution in [3.05, 3.63) is 95.8 Å². The van der Waals surface area contributed by atoms with Crippen LogP contribution in [0.25, 0.3) is 0 Å². The van der Waals surface area contributed by atoms with Crippen LogP contribution in [0.1, 0.15) is 18.1 Å². The van der Waals surface area contributed by atoms with Gasteiger partial charge in [0, 0.05) is 0 Å². The van der Waals surface area contributed by atoms with E-state index in [4.69, 9.17) is 0 Å². The van der Waals surface area contributed by atoms with Crippen LogP contribution in [0.3, 0.4) is 0 Å². The van der Waals surface area contributed by atoms with Crippen LogP contribution in [0.15, 0.2) is 88.9 Å². The van der Waals surface area contributed by atoms with Crippen LogP contribution in [-0.4, -0.2) is 27.1 Å². The van der Waals surface area contributed by atoms with Gasteiger partial charge >= 0.3 is 0 Å². The van der Waals surface area contributed by atoms with Gasteiger partial charge in [0.1, 0.15) is 12.4 Å². The number of carbonyl (C=O) groups is 1. The molecule has 0 aliphatic heterocycles. The summed E-state index contributed by atoms with van der Waals surface area (Å²) in [5.74, 6) is -0.985. The Morgan fingerprint density at radius 2 is 1.65 bits per heavy atom. The van der Waals surface area contributed by atoms with Gasteiger partial charge in [-0.25, -0.2) is 18.2 Å². The van der Waals surface area contributed by atoms with E-state index < -0.39 is 22.5 Å². The van der Waals surface area contributed by atoms with Gasteiger partial charge in [-0.1, -0.05) is 55.5 Å². The molecule has 3 aromatic carbocycles. The molecule has 0 bridgehead atoms. The van der Waals surface area contributed by atoms with Gasteiger partial charge in [0.2, 0.25) is 0 Å². The minimum absolute atomic E-state index is 0.0866. The third-order valence-electron chi connectivity index (χ3n) is 4.53. The largest absolute Gasteiger partial charge is 0.271 e. The molecule has 0 atom stereocenters. The van der Waals surface area contributed by atoms with Crippen LogP contribution < -0.4 is 9.73 Å². The lowest BCUT2D eigenvalue weighted by Crippen LogP contribution is -2.40. The third kappa shape index (κ3) is 5.55. The van der Waals surface area contributed by atoms with Gasteiger partial charge in [0.15, 0.2) is 0 Å². The van der Waals surface area contributed by atoms with Crippen LogP contribution >= 0.6 is 0 Å². The number of nitrogens with zero attached hydrogens (tertiary/aromatic N) is 2. The smallest absolute Gasteiger partial charge is 0.264 e. The lowest BCUT2D eigenvalue weighted by Gasteiger charge is -2.25. The number of halogens is 1. The van der Waals surface area contributed by atoms with Gasteiger partial charge in [-0.15, -0.1) is 0 Å². The molecule has 0 saturated heterocycles. The summed E-state index contributed by atoms with van der Waals surface area (Å²) >= 11 is 0. The summed E-state index contributed by atoms with van der Waals surface area (Å²) in [5, 5.41) is 3.85. The van der Waals surface area contributed by atoms with E-state index in [9.17, 15) is 17.6 Å². The average Bonchev–Trinajstić information content (AvgIpc) is 2.79. The number of hydrazone groups is 1. The normalized spacial score (nSPS) is 11.4. The van der Waals surface area contributed by atoms with Crippen LogP contribution in [0, 0.1) is 5.82 Å². The maximum Gasteiger partial charge on any atom is 0.264 e. The molecule has 0 radical (unpaired) electrons. The van der Waals surface area contributed by atoms with Gasteiger partial charge < -0.3 is 0 Å². The maximum atomic E-state index is 13.3. The van der Waals surface area contributed by atoms with E-state index in [1.54, 1.807) is 30.3 Å². The molecule has 0 spiro atoms. The Bertz CT molecular complexity index is 1160. The first-order valence-corrected chi connectivity index (χ1v) is 11.1. The Labute approximate surface area is 181 Å². The highest BCUT2D eigenvalue weighted by Gasteiger charge is 2.28. The first-order valence-electron chi connectivity index (χ1n) is 9.65. The number of para-hydroxylation sites is 1. The second-order valence-electron chi connectivity index (χ2n) is 6.65. The fourth-order valence-corrected chi connectivity index (χ4v) is 4.45. The molecule has 0 aliphatic carbocycles. The fourth-order valence-electron chi connectivity index (χ4n) is 2.97. The van der Waals surface area contributed by atoms with E-state index in [0.29, 0.717) is 17.7 Å². The van der Waals surface area contributed by atoms with Crippen molar-refractivity contribution in [1.82, 2.24) is 5.43 Å². The molecule has 0 fully saturated rings. The molecule has 0 unspecified atom stereocenters. The number of hydrogen-bond acceptors (Lipinski definition) is 4. The number of hydrogen-bond donors (Lipinski definition) is 1. The SMILES string of the molecule is CCc1ccccc1N(CC(=O)NN=Cc1ccc(F)cc1)S(=O)(=O)c1ccccc1. The van der Waals surface area contributed by atoms with Crippen molar-refractivity contribution < 1.29 is 17.6 Å². The lowest BCUT2D eigenvalue weighted by molar-refractivity contribution is -0.119. The molecule has 8 heteroatoms. The first kappa shape index (κ1) is 22.2. The van der Waals surface area contributed by atoms with Gasteiger partial charge in [-0.3, -0.25) is 9.10 Å². The second kappa shape index (κ2) is 9.99. The van der Waals surface area contributed by atoms with Crippen molar-refractivity contribution in [2.45, 2.75) is 18.2 Å². The van der Waals surface area contributed by atoms with Crippen LogP contribution in [0.2, 0.25) is 0 Å². The third-order valence-corrected chi connectivity index (χ3v) is 6.31. The molecule has 1 N–H and O–H groups in total. The highest BCUT2D eigenvalue weighted by Crippen LogP contribution is 2.27.